The van der Waals surface area contributed by atoms with E-state index in [-0.39, 0.29) is 10.8 Å². The van der Waals surface area contributed by atoms with Crippen LogP contribution in [0.2, 0.25) is 0 Å². The van der Waals surface area contributed by atoms with Crippen molar-refractivity contribution in [3.63, 3.8) is 0 Å². The normalized spacial score (nSPS) is 15.3. The first-order valence-electron chi connectivity index (χ1n) is 16.6. The summed E-state index contributed by atoms with van der Waals surface area (Å²) >= 11 is 0. The van der Waals surface area contributed by atoms with Crippen LogP contribution in [0.4, 0.5) is 0 Å². The van der Waals surface area contributed by atoms with Crippen LogP contribution >= 0.6 is 0 Å². The Balaban J connectivity index is 1.59. The average molecular weight is 596 g/mol. The summed E-state index contributed by atoms with van der Waals surface area (Å²) in [5.41, 5.74) is 19.2. The van der Waals surface area contributed by atoms with Crippen LogP contribution in [0.1, 0.15) is 86.1 Å². The van der Waals surface area contributed by atoms with E-state index in [1.165, 1.54) is 94.3 Å². The molecule has 0 fully saturated rings. The molecule has 0 radical (unpaired) electrons. The van der Waals surface area contributed by atoms with Crippen molar-refractivity contribution < 1.29 is 0 Å². The van der Waals surface area contributed by atoms with Gasteiger partial charge >= 0.3 is 0 Å². The minimum atomic E-state index is -0.188. The maximum Gasteiger partial charge on any atom is 0.0582 e. The third-order valence-electron chi connectivity index (χ3n) is 11.0. The van der Waals surface area contributed by atoms with E-state index in [0.29, 0.717) is 0 Å². The maximum absolute atomic E-state index is 4.27. The van der Waals surface area contributed by atoms with Crippen LogP contribution in [-0.2, 0) is 17.3 Å². The summed E-state index contributed by atoms with van der Waals surface area (Å²) in [5, 5.41) is 2.64. The van der Waals surface area contributed by atoms with Crippen molar-refractivity contribution in [3.8, 4) is 27.9 Å². The van der Waals surface area contributed by atoms with Crippen LogP contribution in [0.25, 0.3) is 68.0 Å². The van der Waals surface area contributed by atoms with Gasteiger partial charge in [-0.15, -0.1) is 0 Å². The molecule has 6 aromatic rings. The molecule has 0 saturated heterocycles. The van der Waals surface area contributed by atoms with Gasteiger partial charge < -0.3 is 4.57 Å². The number of para-hydroxylation sites is 1. The number of aromatic nitrogens is 1. The van der Waals surface area contributed by atoms with Crippen LogP contribution in [-0.4, -0.2) is 4.57 Å². The third-order valence-corrected chi connectivity index (χ3v) is 11.0. The van der Waals surface area contributed by atoms with Crippen molar-refractivity contribution in [2.75, 3.05) is 0 Å². The monoisotopic (exact) mass is 595 g/mol. The zero-order valence-corrected chi connectivity index (χ0v) is 27.9. The molecule has 46 heavy (non-hydrogen) atoms. The Morgan fingerprint density at radius 1 is 0.652 bits per heavy atom. The number of allylic oxidation sites excluding steroid dienone is 1. The van der Waals surface area contributed by atoms with E-state index in [1.54, 1.807) is 0 Å². The summed E-state index contributed by atoms with van der Waals surface area (Å²) in [6.07, 6.45) is 9.38. The Kier molecular flexibility index (Phi) is 6.09. The van der Waals surface area contributed by atoms with E-state index in [2.05, 4.69) is 150 Å². The van der Waals surface area contributed by atoms with Crippen LogP contribution in [0.3, 0.4) is 0 Å². The van der Waals surface area contributed by atoms with Crippen LogP contribution < -0.4 is 0 Å². The molecule has 0 atom stereocenters. The summed E-state index contributed by atoms with van der Waals surface area (Å²) in [4.78, 5) is 0. The molecule has 0 bridgehead atoms. The Hall–Kier alpha value is -4.88. The van der Waals surface area contributed by atoms with Crippen molar-refractivity contribution in [2.24, 2.45) is 0 Å². The number of hydrogen-bond donors (Lipinski definition) is 0. The van der Waals surface area contributed by atoms with Gasteiger partial charge in [0.2, 0.25) is 0 Å². The lowest BCUT2D eigenvalue weighted by atomic mass is 9.68. The van der Waals surface area contributed by atoms with Gasteiger partial charge in [-0.1, -0.05) is 121 Å². The molecule has 1 aromatic heterocycles. The SMILES string of the molecule is C=Cc1cc(-c2cc3c4c(c2)c2cc(-c5ccccc5)cc5c2n4-c2c(cccc2C3(C)C)C5(C)C)c(/C=C\C)c(C=C)c1CC. The van der Waals surface area contributed by atoms with Crippen LogP contribution in [0, 0.1) is 0 Å². The van der Waals surface area contributed by atoms with Gasteiger partial charge in [0.1, 0.15) is 0 Å². The zero-order valence-electron chi connectivity index (χ0n) is 27.9. The predicted octanol–water partition coefficient (Wildman–Crippen LogP) is 12.3. The van der Waals surface area contributed by atoms with Gasteiger partial charge in [-0.2, -0.15) is 0 Å². The Morgan fingerprint density at radius 3 is 1.83 bits per heavy atom. The lowest BCUT2D eigenvalue weighted by Crippen LogP contribution is -2.33. The Bertz CT molecular complexity index is 2320. The molecular weight excluding hydrogens is 555 g/mol. The van der Waals surface area contributed by atoms with Crippen molar-refractivity contribution in [1.29, 1.82) is 0 Å². The van der Waals surface area contributed by atoms with E-state index < -0.39 is 0 Å². The molecule has 0 saturated carbocycles. The first-order valence-corrected chi connectivity index (χ1v) is 16.6. The highest BCUT2D eigenvalue weighted by atomic mass is 15.0. The summed E-state index contributed by atoms with van der Waals surface area (Å²) in [5.74, 6) is 0. The van der Waals surface area contributed by atoms with Crippen LogP contribution in [0.15, 0.2) is 98.1 Å². The van der Waals surface area contributed by atoms with Gasteiger partial charge in [-0.05, 0) is 110 Å². The third kappa shape index (κ3) is 3.57. The van der Waals surface area contributed by atoms with Gasteiger partial charge in [-0.3, -0.25) is 0 Å². The van der Waals surface area contributed by atoms with E-state index in [9.17, 15) is 0 Å². The quantitative estimate of drug-likeness (QED) is 0.180. The number of hydrogen-bond acceptors (Lipinski definition) is 0. The number of benzene rings is 5. The molecule has 3 heterocycles. The molecular formula is C45H41N. The molecule has 1 nitrogen and oxygen atoms in total. The van der Waals surface area contributed by atoms with Gasteiger partial charge in [0.05, 0.1) is 16.7 Å². The van der Waals surface area contributed by atoms with Gasteiger partial charge in [0.15, 0.2) is 0 Å². The fourth-order valence-electron chi connectivity index (χ4n) is 8.66. The molecule has 226 valence electrons. The van der Waals surface area contributed by atoms with E-state index in [0.717, 1.165) is 6.42 Å². The average Bonchev–Trinajstić information content (AvgIpc) is 3.40. The van der Waals surface area contributed by atoms with Crippen molar-refractivity contribution in [1.82, 2.24) is 4.57 Å². The standard InChI is InChI=1S/C45H41N/c1-9-17-33-32(12-4)31(11-3)27(10-2)22-34(33)30-24-36-35-23-29(28-18-14-13-15-19-28)25-39-41(35)46-42(36)40(26-30)45(7,8)38-21-16-20-37(43(38)46)44(39,5)6/h9-10,12-26H,2,4,11H2,1,3,5-8H3/b17-9-. The highest BCUT2D eigenvalue weighted by molar-refractivity contribution is 6.16. The highest BCUT2D eigenvalue weighted by Crippen LogP contribution is 2.56. The largest absolute Gasteiger partial charge is 0.308 e. The summed E-state index contributed by atoms with van der Waals surface area (Å²) in [7, 11) is 0. The Morgan fingerprint density at radius 2 is 1.26 bits per heavy atom. The second-order valence-electron chi connectivity index (χ2n) is 14.1. The second kappa shape index (κ2) is 9.81. The molecule has 0 amide bonds. The second-order valence-corrected chi connectivity index (χ2v) is 14.1. The molecule has 8 rings (SSSR count). The molecule has 0 spiro atoms. The topological polar surface area (TPSA) is 4.93 Å². The zero-order chi connectivity index (χ0) is 32.1. The van der Waals surface area contributed by atoms with E-state index >= 15 is 0 Å². The van der Waals surface area contributed by atoms with Gasteiger partial charge in [0.25, 0.3) is 0 Å². The summed E-state index contributed by atoms with van der Waals surface area (Å²) < 4.78 is 2.62. The highest BCUT2D eigenvalue weighted by Gasteiger charge is 2.43. The lowest BCUT2D eigenvalue weighted by molar-refractivity contribution is 0.594. The van der Waals surface area contributed by atoms with Crippen molar-refractivity contribution in [3.05, 3.63) is 143 Å². The van der Waals surface area contributed by atoms with E-state index in [4.69, 9.17) is 0 Å². The van der Waals surface area contributed by atoms with E-state index in [1.807, 2.05) is 12.2 Å². The Labute approximate surface area is 273 Å². The summed E-state index contributed by atoms with van der Waals surface area (Å²) in [6, 6.07) is 30.0. The predicted molar refractivity (Wildman–Crippen MR) is 200 cm³/mol. The first-order chi connectivity index (χ1) is 22.2. The van der Waals surface area contributed by atoms with Crippen LogP contribution in [0.5, 0.6) is 0 Å². The minimum absolute atomic E-state index is 0.151. The number of nitrogens with zero attached hydrogens (tertiary/aromatic N) is 1. The number of rotatable bonds is 6. The molecule has 5 aromatic carbocycles. The smallest absolute Gasteiger partial charge is 0.0582 e. The lowest BCUT2D eigenvalue weighted by Gasteiger charge is -2.42. The fraction of sp³-hybridized carbons (Fsp3) is 0.200. The molecule has 0 aliphatic carbocycles. The molecule has 0 unspecified atom stereocenters. The maximum atomic E-state index is 4.27. The summed E-state index contributed by atoms with van der Waals surface area (Å²) in [6.45, 7) is 22.5. The van der Waals surface area contributed by atoms with Crippen molar-refractivity contribution in [2.45, 2.75) is 58.8 Å². The molecule has 1 heteroatoms. The molecule has 0 N–H and O–H groups in total. The first kappa shape index (κ1) is 28.6. The number of fused-ring (bicyclic) bond motifs is 1. The van der Waals surface area contributed by atoms with Crippen molar-refractivity contribution >= 4 is 40.0 Å². The molecule has 2 aliphatic rings. The van der Waals surface area contributed by atoms with Gasteiger partial charge in [0, 0.05) is 21.6 Å². The van der Waals surface area contributed by atoms with Gasteiger partial charge in [-0.25, -0.2) is 0 Å². The fourth-order valence-corrected chi connectivity index (χ4v) is 8.66. The molecule has 2 aliphatic heterocycles. The minimum Gasteiger partial charge on any atom is -0.308 e.